The normalized spacial score (nSPS) is 16.1. The van der Waals surface area contributed by atoms with E-state index in [4.69, 9.17) is 4.74 Å². The van der Waals surface area contributed by atoms with E-state index in [9.17, 15) is 4.79 Å². The fraction of sp³-hybridized carbons (Fsp3) is 0.100. The second-order valence-electron chi connectivity index (χ2n) is 5.72. The smallest absolute Gasteiger partial charge is 0.262 e. The van der Waals surface area contributed by atoms with Crippen LogP contribution < -0.4 is 15.0 Å². The number of ether oxygens (including phenoxy) is 1. The Morgan fingerprint density at radius 2 is 1.76 bits per heavy atom. The number of nitrogens with one attached hydrogen (secondary N) is 1. The number of pyridine rings is 1. The number of benzene rings is 2. The summed E-state index contributed by atoms with van der Waals surface area (Å²) >= 11 is 0. The van der Waals surface area contributed by atoms with Crippen molar-refractivity contribution >= 4 is 17.3 Å². The summed E-state index contributed by atoms with van der Waals surface area (Å²) in [4.78, 5) is 19.3. The molecule has 1 aliphatic rings. The van der Waals surface area contributed by atoms with Gasteiger partial charge >= 0.3 is 0 Å². The number of para-hydroxylation sites is 1. The number of amides is 1. The zero-order valence-corrected chi connectivity index (χ0v) is 13.7. The predicted molar refractivity (Wildman–Crippen MR) is 96.8 cm³/mol. The van der Waals surface area contributed by atoms with Crippen molar-refractivity contribution in [2.24, 2.45) is 0 Å². The van der Waals surface area contributed by atoms with E-state index in [1.807, 2.05) is 66.7 Å². The van der Waals surface area contributed by atoms with Crippen molar-refractivity contribution in [3.8, 4) is 5.75 Å². The molecule has 2 aromatic carbocycles. The minimum absolute atomic E-state index is 0.0600. The van der Waals surface area contributed by atoms with Gasteiger partial charge in [0.2, 0.25) is 0 Å². The maximum Gasteiger partial charge on any atom is 0.262 e. The van der Waals surface area contributed by atoms with Gasteiger partial charge in [0.25, 0.3) is 5.91 Å². The molecule has 3 aromatic rings. The molecule has 0 bridgehead atoms. The fourth-order valence-corrected chi connectivity index (χ4v) is 3.01. The largest absolute Gasteiger partial charge is 0.497 e. The Labute approximate surface area is 145 Å². The number of carbonyl (C=O) groups is 1. The molecule has 1 amide bonds. The van der Waals surface area contributed by atoms with Crippen molar-refractivity contribution in [3.05, 3.63) is 84.2 Å². The van der Waals surface area contributed by atoms with E-state index in [2.05, 4.69) is 10.3 Å². The Kier molecular flexibility index (Phi) is 3.82. The van der Waals surface area contributed by atoms with Crippen LogP contribution in [-0.4, -0.2) is 18.0 Å². The summed E-state index contributed by atoms with van der Waals surface area (Å²) < 4.78 is 5.22. The second-order valence-corrected chi connectivity index (χ2v) is 5.72. The number of hydrogen-bond donors (Lipinski definition) is 1. The van der Waals surface area contributed by atoms with Crippen LogP contribution in [0.5, 0.6) is 5.75 Å². The lowest BCUT2D eigenvalue weighted by Crippen LogP contribution is -2.43. The first kappa shape index (κ1) is 15.2. The lowest BCUT2D eigenvalue weighted by atomic mass is 10.0. The molecule has 0 radical (unpaired) electrons. The van der Waals surface area contributed by atoms with Crippen molar-refractivity contribution in [1.29, 1.82) is 0 Å². The Balaban J connectivity index is 1.83. The first-order valence-corrected chi connectivity index (χ1v) is 8.02. The van der Waals surface area contributed by atoms with Gasteiger partial charge in [0, 0.05) is 17.6 Å². The Morgan fingerprint density at radius 1 is 1.00 bits per heavy atom. The van der Waals surface area contributed by atoms with Crippen LogP contribution >= 0.6 is 0 Å². The van der Waals surface area contributed by atoms with Crippen LogP contribution in [0.1, 0.15) is 22.2 Å². The number of anilines is 2. The summed E-state index contributed by atoms with van der Waals surface area (Å²) in [6.07, 6.45) is 1.35. The maximum atomic E-state index is 13.2. The molecule has 1 aromatic heterocycles. The van der Waals surface area contributed by atoms with Crippen LogP contribution in [0.15, 0.2) is 72.9 Å². The number of rotatable bonds is 3. The molecule has 0 aliphatic carbocycles. The summed E-state index contributed by atoms with van der Waals surface area (Å²) in [5.41, 5.74) is 3.02. The molecule has 2 heterocycles. The SMILES string of the molecule is COc1ccc(N2C(=O)c3ccccc3N[C@H]2c2ccccn2)cc1. The molecule has 1 atom stereocenters. The van der Waals surface area contributed by atoms with Crippen LogP contribution in [0.4, 0.5) is 11.4 Å². The molecule has 124 valence electrons. The highest BCUT2D eigenvalue weighted by Crippen LogP contribution is 2.36. The van der Waals surface area contributed by atoms with Crippen LogP contribution in [0, 0.1) is 0 Å². The van der Waals surface area contributed by atoms with Gasteiger partial charge in [0.15, 0.2) is 6.17 Å². The zero-order valence-electron chi connectivity index (χ0n) is 13.7. The van der Waals surface area contributed by atoms with Gasteiger partial charge in [-0.15, -0.1) is 0 Å². The summed E-state index contributed by atoms with van der Waals surface area (Å²) in [7, 11) is 1.62. The third kappa shape index (κ3) is 2.70. The average Bonchev–Trinajstić information content (AvgIpc) is 2.69. The Morgan fingerprint density at radius 3 is 2.48 bits per heavy atom. The summed E-state index contributed by atoms with van der Waals surface area (Å²) in [5, 5.41) is 3.43. The summed E-state index contributed by atoms with van der Waals surface area (Å²) in [5.74, 6) is 0.686. The lowest BCUT2D eigenvalue weighted by molar-refractivity contribution is 0.0974. The number of nitrogens with zero attached hydrogens (tertiary/aromatic N) is 2. The van der Waals surface area contributed by atoms with Gasteiger partial charge in [-0.25, -0.2) is 0 Å². The molecule has 0 saturated carbocycles. The highest BCUT2D eigenvalue weighted by Gasteiger charge is 2.34. The predicted octanol–water partition coefficient (Wildman–Crippen LogP) is 3.86. The molecule has 4 rings (SSSR count). The number of aromatic nitrogens is 1. The van der Waals surface area contributed by atoms with Gasteiger partial charge in [0.1, 0.15) is 5.75 Å². The third-order valence-corrected chi connectivity index (χ3v) is 4.25. The molecule has 1 N–H and O–H groups in total. The summed E-state index contributed by atoms with van der Waals surface area (Å²) in [6, 6.07) is 20.7. The van der Waals surface area contributed by atoms with Gasteiger partial charge in [-0.05, 0) is 48.5 Å². The van der Waals surface area contributed by atoms with Gasteiger partial charge in [-0.1, -0.05) is 18.2 Å². The molecule has 0 saturated heterocycles. The van der Waals surface area contributed by atoms with E-state index in [1.54, 1.807) is 18.2 Å². The maximum absolute atomic E-state index is 13.2. The topological polar surface area (TPSA) is 54.5 Å². The molecule has 0 unspecified atom stereocenters. The molecular weight excluding hydrogens is 314 g/mol. The van der Waals surface area contributed by atoms with Crippen molar-refractivity contribution in [1.82, 2.24) is 4.98 Å². The van der Waals surface area contributed by atoms with Crippen LogP contribution in [0.2, 0.25) is 0 Å². The number of hydrogen-bond acceptors (Lipinski definition) is 4. The van der Waals surface area contributed by atoms with E-state index < -0.39 is 0 Å². The minimum atomic E-state index is -0.378. The molecule has 1 aliphatic heterocycles. The molecule has 0 fully saturated rings. The number of carbonyl (C=O) groups excluding carboxylic acids is 1. The van der Waals surface area contributed by atoms with Crippen LogP contribution in [0.25, 0.3) is 0 Å². The van der Waals surface area contributed by atoms with E-state index >= 15 is 0 Å². The highest BCUT2D eigenvalue weighted by atomic mass is 16.5. The van der Waals surface area contributed by atoms with Gasteiger partial charge in [0.05, 0.1) is 18.4 Å². The van der Waals surface area contributed by atoms with Crippen molar-refractivity contribution in [2.45, 2.75) is 6.17 Å². The summed E-state index contributed by atoms with van der Waals surface area (Å²) in [6.45, 7) is 0. The lowest BCUT2D eigenvalue weighted by Gasteiger charge is -2.37. The average molecular weight is 331 g/mol. The highest BCUT2D eigenvalue weighted by molar-refractivity contribution is 6.12. The van der Waals surface area contributed by atoms with E-state index in [-0.39, 0.29) is 12.1 Å². The first-order valence-electron chi connectivity index (χ1n) is 8.02. The van der Waals surface area contributed by atoms with Gasteiger partial charge < -0.3 is 10.1 Å². The second kappa shape index (κ2) is 6.28. The fourth-order valence-electron chi connectivity index (χ4n) is 3.01. The number of methoxy groups -OCH3 is 1. The zero-order chi connectivity index (χ0) is 17.2. The van der Waals surface area contributed by atoms with E-state index in [1.165, 1.54) is 0 Å². The van der Waals surface area contributed by atoms with Gasteiger partial charge in [-0.3, -0.25) is 14.7 Å². The molecule has 5 heteroatoms. The molecule has 5 nitrogen and oxygen atoms in total. The number of fused-ring (bicyclic) bond motifs is 1. The van der Waals surface area contributed by atoms with E-state index in [0.29, 0.717) is 5.56 Å². The van der Waals surface area contributed by atoms with Crippen molar-refractivity contribution in [3.63, 3.8) is 0 Å². The Hall–Kier alpha value is -3.34. The Bertz CT molecular complexity index is 894. The monoisotopic (exact) mass is 331 g/mol. The minimum Gasteiger partial charge on any atom is -0.497 e. The molecular formula is C20H17N3O2. The van der Waals surface area contributed by atoms with Gasteiger partial charge in [-0.2, -0.15) is 0 Å². The van der Waals surface area contributed by atoms with Crippen LogP contribution in [0.3, 0.4) is 0 Å². The van der Waals surface area contributed by atoms with E-state index in [0.717, 1.165) is 22.8 Å². The molecule has 0 spiro atoms. The van der Waals surface area contributed by atoms with Crippen molar-refractivity contribution in [2.75, 3.05) is 17.3 Å². The van der Waals surface area contributed by atoms with Crippen LogP contribution in [-0.2, 0) is 0 Å². The van der Waals surface area contributed by atoms with Crippen molar-refractivity contribution < 1.29 is 9.53 Å². The standard InChI is InChI=1S/C20H17N3O2/c1-25-15-11-9-14(10-12-15)23-19(18-8-4-5-13-21-18)22-17-7-3-2-6-16(17)20(23)24/h2-13,19,22H,1H3/t19-/m1/s1. The quantitative estimate of drug-likeness (QED) is 0.792. The molecule has 25 heavy (non-hydrogen) atoms. The first-order chi connectivity index (χ1) is 12.3. The third-order valence-electron chi connectivity index (χ3n) is 4.25.